The molecule has 1 aliphatic heterocycles. The van der Waals surface area contributed by atoms with E-state index in [2.05, 4.69) is 15.5 Å². The van der Waals surface area contributed by atoms with E-state index in [1.54, 1.807) is 24.3 Å². The largest absolute Gasteiger partial charge is 0.339 e. The van der Waals surface area contributed by atoms with Gasteiger partial charge in [0.2, 0.25) is 17.6 Å². The minimum atomic E-state index is -3.28. The Bertz CT molecular complexity index is 1210. The van der Waals surface area contributed by atoms with Crippen molar-refractivity contribution < 1.29 is 22.1 Å². The molecule has 10 heteroatoms. The van der Waals surface area contributed by atoms with Crippen LogP contribution in [0.4, 0.5) is 10.1 Å². The Labute approximate surface area is 185 Å². The molecule has 1 saturated heterocycles. The van der Waals surface area contributed by atoms with Gasteiger partial charge in [-0.2, -0.15) is 4.98 Å². The minimum Gasteiger partial charge on any atom is -0.339 e. The molecule has 2 heterocycles. The maximum atomic E-state index is 13.5. The molecule has 4 rings (SSSR count). The molecule has 0 radical (unpaired) electrons. The van der Waals surface area contributed by atoms with Crippen LogP contribution >= 0.6 is 0 Å². The van der Waals surface area contributed by atoms with Gasteiger partial charge in [-0.15, -0.1) is 0 Å². The zero-order valence-electron chi connectivity index (χ0n) is 17.5. The van der Waals surface area contributed by atoms with Crippen LogP contribution in [0.3, 0.4) is 0 Å². The Morgan fingerprint density at radius 2 is 2.03 bits per heavy atom. The number of rotatable bonds is 6. The Balaban J connectivity index is 1.35. The third-order valence-corrected chi connectivity index (χ3v) is 6.44. The van der Waals surface area contributed by atoms with E-state index in [0.29, 0.717) is 29.5 Å². The summed E-state index contributed by atoms with van der Waals surface area (Å²) in [5, 5.41) is 6.77. The molecule has 32 heavy (non-hydrogen) atoms. The highest BCUT2D eigenvalue weighted by atomic mass is 32.2. The zero-order chi connectivity index (χ0) is 22.7. The van der Waals surface area contributed by atoms with E-state index in [4.69, 9.17) is 4.52 Å². The summed E-state index contributed by atoms with van der Waals surface area (Å²) in [5.74, 6) is 0.247. The highest BCUT2D eigenvalue weighted by Gasteiger charge is 2.27. The first kappa shape index (κ1) is 22.1. The van der Waals surface area contributed by atoms with Gasteiger partial charge >= 0.3 is 0 Å². The zero-order valence-corrected chi connectivity index (χ0v) is 18.3. The van der Waals surface area contributed by atoms with Gasteiger partial charge < -0.3 is 9.84 Å². The number of sulfone groups is 1. The molecule has 1 fully saturated rings. The minimum absolute atomic E-state index is 0.0135. The SMILES string of the molecule is CS(=O)(=O)c1ccc(NC(=O)CN2CCCC(c3nc(-c4cccc(F)c4)no3)C2)cc1. The summed E-state index contributed by atoms with van der Waals surface area (Å²) < 4.78 is 42.0. The fourth-order valence-corrected chi connectivity index (χ4v) is 4.37. The molecule has 2 aromatic carbocycles. The Kier molecular flexibility index (Phi) is 6.33. The first-order valence-electron chi connectivity index (χ1n) is 10.2. The molecule has 0 saturated carbocycles. The van der Waals surface area contributed by atoms with Gasteiger partial charge in [0, 0.05) is 24.1 Å². The van der Waals surface area contributed by atoms with Gasteiger partial charge in [-0.3, -0.25) is 9.69 Å². The van der Waals surface area contributed by atoms with Crippen molar-refractivity contribution in [3.63, 3.8) is 0 Å². The number of anilines is 1. The number of halogens is 1. The average molecular weight is 459 g/mol. The number of amides is 1. The highest BCUT2D eigenvalue weighted by Crippen LogP contribution is 2.27. The second-order valence-electron chi connectivity index (χ2n) is 7.89. The molecule has 1 aromatic heterocycles. The average Bonchev–Trinajstić information content (AvgIpc) is 3.24. The lowest BCUT2D eigenvalue weighted by atomic mass is 9.98. The molecule has 1 unspecified atom stereocenters. The predicted molar refractivity (Wildman–Crippen MR) is 116 cm³/mol. The second-order valence-corrected chi connectivity index (χ2v) is 9.90. The number of carbonyl (C=O) groups is 1. The van der Waals surface area contributed by atoms with Gasteiger partial charge in [-0.05, 0) is 55.8 Å². The Hall–Kier alpha value is -3.11. The quantitative estimate of drug-likeness (QED) is 0.605. The van der Waals surface area contributed by atoms with E-state index >= 15 is 0 Å². The second kappa shape index (κ2) is 9.17. The van der Waals surface area contributed by atoms with Crippen LogP contribution < -0.4 is 5.32 Å². The number of nitrogens with one attached hydrogen (secondary N) is 1. The van der Waals surface area contributed by atoms with Gasteiger partial charge in [0.1, 0.15) is 5.82 Å². The number of likely N-dealkylation sites (tertiary alicyclic amines) is 1. The van der Waals surface area contributed by atoms with Gasteiger partial charge in [0.15, 0.2) is 9.84 Å². The molecule has 3 aromatic rings. The lowest BCUT2D eigenvalue weighted by Gasteiger charge is -2.30. The maximum Gasteiger partial charge on any atom is 0.238 e. The van der Waals surface area contributed by atoms with Gasteiger partial charge in [-0.25, -0.2) is 12.8 Å². The fourth-order valence-electron chi connectivity index (χ4n) is 3.74. The predicted octanol–water partition coefficient (Wildman–Crippen LogP) is 3.10. The monoisotopic (exact) mass is 458 g/mol. The van der Waals surface area contributed by atoms with E-state index in [-0.39, 0.29) is 29.1 Å². The van der Waals surface area contributed by atoms with Crippen LogP contribution in [0.25, 0.3) is 11.4 Å². The molecule has 8 nitrogen and oxygen atoms in total. The summed E-state index contributed by atoms with van der Waals surface area (Å²) in [6.07, 6.45) is 2.87. The molecule has 1 amide bonds. The van der Waals surface area contributed by atoms with Crippen LogP contribution in [0.2, 0.25) is 0 Å². The Morgan fingerprint density at radius 3 is 2.75 bits per heavy atom. The van der Waals surface area contributed by atoms with E-state index in [0.717, 1.165) is 25.6 Å². The summed E-state index contributed by atoms with van der Waals surface area (Å²) in [5.41, 5.74) is 1.08. The van der Waals surface area contributed by atoms with Crippen molar-refractivity contribution >= 4 is 21.4 Å². The van der Waals surface area contributed by atoms with Gasteiger partial charge in [-0.1, -0.05) is 17.3 Å². The smallest absolute Gasteiger partial charge is 0.238 e. The first-order valence-corrected chi connectivity index (χ1v) is 12.1. The highest BCUT2D eigenvalue weighted by molar-refractivity contribution is 7.90. The molecule has 0 spiro atoms. The van der Waals surface area contributed by atoms with Crippen molar-refractivity contribution in [1.29, 1.82) is 0 Å². The Morgan fingerprint density at radius 1 is 1.25 bits per heavy atom. The molecule has 0 bridgehead atoms. The third-order valence-electron chi connectivity index (χ3n) is 5.31. The van der Waals surface area contributed by atoms with Crippen LogP contribution in [0.5, 0.6) is 0 Å². The van der Waals surface area contributed by atoms with E-state index in [1.807, 2.05) is 4.90 Å². The van der Waals surface area contributed by atoms with E-state index < -0.39 is 9.84 Å². The lowest BCUT2D eigenvalue weighted by molar-refractivity contribution is -0.117. The molecule has 168 valence electrons. The summed E-state index contributed by atoms with van der Waals surface area (Å²) in [4.78, 5) is 19.1. The number of aromatic nitrogens is 2. The summed E-state index contributed by atoms with van der Waals surface area (Å²) in [6, 6.07) is 12.1. The van der Waals surface area contributed by atoms with Crippen LogP contribution in [-0.4, -0.2) is 55.3 Å². The standard InChI is InChI=1S/C22H23FN4O4S/c1-32(29,30)19-9-7-18(8-10-19)24-20(28)14-27-11-3-5-16(13-27)22-25-21(26-31-22)15-4-2-6-17(23)12-15/h2,4,6-10,12,16H,3,5,11,13-14H2,1H3,(H,24,28). The van der Waals surface area contributed by atoms with Crippen LogP contribution in [0, 0.1) is 5.82 Å². The fraction of sp³-hybridized carbons (Fsp3) is 0.318. The van der Waals surface area contributed by atoms with Crippen LogP contribution in [-0.2, 0) is 14.6 Å². The number of carbonyl (C=O) groups excluding carboxylic acids is 1. The summed E-state index contributed by atoms with van der Waals surface area (Å²) in [6.45, 7) is 1.54. The van der Waals surface area contributed by atoms with Crippen molar-refractivity contribution in [1.82, 2.24) is 15.0 Å². The van der Waals surface area contributed by atoms with E-state index in [1.165, 1.54) is 24.3 Å². The maximum absolute atomic E-state index is 13.5. The molecule has 1 aliphatic rings. The van der Waals surface area contributed by atoms with Crippen molar-refractivity contribution in [2.75, 3.05) is 31.2 Å². The van der Waals surface area contributed by atoms with Crippen molar-refractivity contribution in [2.24, 2.45) is 0 Å². The van der Waals surface area contributed by atoms with Crippen molar-refractivity contribution in [3.8, 4) is 11.4 Å². The molecule has 1 atom stereocenters. The third kappa shape index (κ3) is 5.38. The number of benzene rings is 2. The first-order chi connectivity index (χ1) is 15.3. The number of nitrogens with zero attached hydrogens (tertiary/aromatic N) is 3. The molecular formula is C22H23FN4O4S. The molecule has 1 N–H and O–H groups in total. The number of hydrogen-bond donors (Lipinski definition) is 1. The van der Waals surface area contributed by atoms with E-state index in [9.17, 15) is 17.6 Å². The molecular weight excluding hydrogens is 435 g/mol. The normalized spacial score (nSPS) is 17.2. The van der Waals surface area contributed by atoms with Gasteiger partial charge in [0.05, 0.1) is 17.4 Å². The number of hydrogen-bond acceptors (Lipinski definition) is 7. The molecule has 0 aliphatic carbocycles. The van der Waals surface area contributed by atoms with Crippen LogP contribution in [0.15, 0.2) is 57.9 Å². The summed E-state index contributed by atoms with van der Waals surface area (Å²) >= 11 is 0. The number of piperidine rings is 1. The topological polar surface area (TPSA) is 105 Å². The van der Waals surface area contributed by atoms with Crippen LogP contribution in [0.1, 0.15) is 24.7 Å². The van der Waals surface area contributed by atoms with Crippen molar-refractivity contribution in [3.05, 3.63) is 60.2 Å². The van der Waals surface area contributed by atoms with Crippen molar-refractivity contribution in [2.45, 2.75) is 23.7 Å². The van der Waals surface area contributed by atoms with Gasteiger partial charge in [0.25, 0.3) is 0 Å². The summed E-state index contributed by atoms with van der Waals surface area (Å²) in [7, 11) is -3.28. The lowest BCUT2D eigenvalue weighted by Crippen LogP contribution is -2.39.